The third-order valence-electron chi connectivity index (χ3n) is 3.70. The van der Waals surface area contributed by atoms with Gasteiger partial charge in [-0.2, -0.15) is 0 Å². The molecule has 1 amide bonds. The monoisotopic (exact) mass is 226 g/mol. The third kappa shape index (κ3) is 2.17. The molecule has 3 N–H and O–H groups in total. The summed E-state index contributed by atoms with van der Waals surface area (Å²) < 4.78 is 5.25. The molecule has 2 saturated carbocycles. The van der Waals surface area contributed by atoms with E-state index in [0.29, 0.717) is 11.5 Å². The number of nitrogens with one attached hydrogen (secondary N) is 1. The van der Waals surface area contributed by atoms with Crippen molar-refractivity contribution in [2.24, 2.45) is 11.1 Å². The van der Waals surface area contributed by atoms with Gasteiger partial charge < -0.3 is 15.8 Å². The largest absolute Gasteiger partial charge is 0.444 e. The third-order valence-corrected chi connectivity index (χ3v) is 3.70. The van der Waals surface area contributed by atoms with Gasteiger partial charge in [0.1, 0.15) is 5.60 Å². The second-order valence-electron chi connectivity index (χ2n) is 6.27. The first-order valence-corrected chi connectivity index (χ1v) is 6.06. The Balaban J connectivity index is 1.80. The molecule has 2 fully saturated rings. The zero-order valence-corrected chi connectivity index (χ0v) is 10.4. The Kier molecular flexibility index (Phi) is 2.65. The van der Waals surface area contributed by atoms with Crippen molar-refractivity contribution in [2.45, 2.75) is 64.1 Å². The van der Waals surface area contributed by atoms with Crippen molar-refractivity contribution in [3.63, 3.8) is 0 Å². The predicted octanol–water partition coefficient (Wildman–Crippen LogP) is 1.78. The molecule has 92 valence electrons. The van der Waals surface area contributed by atoms with E-state index in [-0.39, 0.29) is 12.1 Å². The van der Waals surface area contributed by atoms with Crippen LogP contribution < -0.4 is 11.1 Å². The Bertz CT molecular complexity index is 290. The van der Waals surface area contributed by atoms with Gasteiger partial charge in [-0.1, -0.05) is 0 Å². The van der Waals surface area contributed by atoms with Crippen LogP contribution in [0.25, 0.3) is 0 Å². The van der Waals surface area contributed by atoms with Crippen molar-refractivity contribution in [2.75, 3.05) is 0 Å². The molecule has 0 aromatic rings. The molecule has 2 rings (SSSR count). The van der Waals surface area contributed by atoms with Crippen molar-refractivity contribution in [1.29, 1.82) is 0 Å². The maximum atomic E-state index is 11.6. The lowest BCUT2D eigenvalue weighted by molar-refractivity contribution is -0.0375. The molecular formula is C12H22N2O2. The van der Waals surface area contributed by atoms with Gasteiger partial charge in [0.15, 0.2) is 0 Å². The number of hydrogen-bond acceptors (Lipinski definition) is 3. The van der Waals surface area contributed by atoms with Crippen LogP contribution in [0.15, 0.2) is 0 Å². The molecule has 1 spiro atoms. The summed E-state index contributed by atoms with van der Waals surface area (Å²) >= 11 is 0. The molecule has 0 unspecified atom stereocenters. The van der Waals surface area contributed by atoms with Crippen LogP contribution in [-0.2, 0) is 4.74 Å². The van der Waals surface area contributed by atoms with E-state index in [1.54, 1.807) is 0 Å². The summed E-state index contributed by atoms with van der Waals surface area (Å²) in [5, 5.41) is 2.97. The van der Waals surface area contributed by atoms with Crippen molar-refractivity contribution in [3.8, 4) is 0 Å². The van der Waals surface area contributed by atoms with Crippen LogP contribution >= 0.6 is 0 Å². The topological polar surface area (TPSA) is 64.3 Å². The highest BCUT2D eigenvalue weighted by Gasteiger charge is 2.54. The first-order chi connectivity index (χ1) is 7.31. The number of carbonyl (C=O) groups excluding carboxylic acids is 1. The van der Waals surface area contributed by atoms with E-state index >= 15 is 0 Å². The zero-order chi connectivity index (χ0) is 12.0. The fourth-order valence-electron chi connectivity index (χ4n) is 2.85. The first-order valence-electron chi connectivity index (χ1n) is 6.06. The van der Waals surface area contributed by atoms with Gasteiger partial charge in [0.25, 0.3) is 0 Å². The van der Waals surface area contributed by atoms with E-state index in [1.807, 2.05) is 20.8 Å². The second-order valence-corrected chi connectivity index (χ2v) is 6.27. The van der Waals surface area contributed by atoms with E-state index in [1.165, 1.54) is 6.42 Å². The summed E-state index contributed by atoms with van der Waals surface area (Å²) in [5.74, 6) is 0. The summed E-state index contributed by atoms with van der Waals surface area (Å²) in [6, 6.07) is 0.616. The SMILES string of the molecule is CC(C)(C)OC(=O)N[C@@H]1CCC12CC(N)C2. The van der Waals surface area contributed by atoms with E-state index < -0.39 is 5.60 Å². The second kappa shape index (κ2) is 3.62. The van der Waals surface area contributed by atoms with Crippen LogP contribution in [0, 0.1) is 5.41 Å². The summed E-state index contributed by atoms with van der Waals surface area (Å²) in [5.41, 5.74) is 5.70. The average molecular weight is 226 g/mol. The van der Waals surface area contributed by atoms with Crippen LogP contribution in [0.2, 0.25) is 0 Å². The van der Waals surface area contributed by atoms with Crippen molar-refractivity contribution >= 4 is 6.09 Å². The number of amides is 1. The van der Waals surface area contributed by atoms with Gasteiger partial charge >= 0.3 is 6.09 Å². The Morgan fingerprint density at radius 1 is 1.44 bits per heavy atom. The number of rotatable bonds is 1. The molecule has 1 atom stereocenters. The molecule has 2 aliphatic rings. The summed E-state index contributed by atoms with van der Waals surface area (Å²) in [6.45, 7) is 5.63. The average Bonchev–Trinajstić information content (AvgIpc) is 2.04. The number of carbonyl (C=O) groups is 1. The maximum Gasteiger partial charge on any atom is 0.407 e. The van der Waals surface area contributed by atoms with E-state index in [2.05, 4.69) is 5.32 Å². The quantitative estimate of drug-likeness (QED) is 0.716. The zero-order valence-electron chi connectivity index (χ0n) is 10.4. The lowest BCUT2D eigenvalue weighted by Gasteiger charge is -2.58. The normalized spacial score (nSPS) is 37.5. The highest BCUT2D eigenvalue weighted by atomic mass is 16.6. The molecule has 0 heterocycles. The van der Waals surface area contributed by atoms with Crippen molar-refractivity contribution in [1.82, 2.24) is 5.32 Å². The lowest BCUT2D eigenvalue weighted by Crippen LogP contribution is -2.64. The molecule has 0 saturated heterocycles. The van der Waals surface area contributed by atoms with Gasteiger partial charge in [-0.3, -0.25) is 0 Å². The number of alkyl carbamates (subject to hydrolysis) is 1. The smallest absolute Gasteiger partial charge is 0.407 e. The van der Waals surface area contributed by atoms with Crippen molar-refractivity contribution in [3.05, 3.63) is 0 Å². The molecule has 0 aromatic heterocycles. The minimum absolute atomic E-state index is 0.280. The van der Waals surface area contributed by atoms with Crippen LogP contribution in [0.5, 0.6) is 0 Å². The number of ether oxygens (including phenoxy) is 1. The fourth-order valence-corrected chi connectivity index (χ4v) is 2.85. The summed E-state index contributed by atoms with van der Waals surface area (Å²) in [6.07, 6.45) is 4.06. The highest BCUT2D eigenvalue weighted by molar-refractivity contribution is 5.68. The van der Waals surface area contributed by atoms with E-state index in [9.17, 15) is 4.79 Å². The van der Waals surface area contributed by atoms with Gasteiger partial charge in [0, 0.05) is 12.1 Å². The van der Waals surface area contributed by atoms with Crippen molar-refractivity contribution < 1.29 is 9.53 Å². The molecule has 0 radical (unpaired) electrons. The molecular weight excluding hydrogens is 204 g/mol. The lowest BCUT2D eigenvalue weighted by atomic mass is 9.51. The molecule has 4 nitrogen and oxygen atoms in total. The minimum atomic E-state index is -0.420. The molecule has 0 aromatic carbocycles. The van der Waals surface area contributed by atoms with Gasteiger partial charge in [-0.25, -0.2) is 4.79 Å². The number of nitrogens with two attached hydrogens (primary N) is 1. The van der Waals surface area contributed by atoms with Crippen LogP contribution in [0.3, 0.4) is 0 Å². The molecule has 2 aliphatic carbocycles. The standard InChI is InChI=1S/C12H22N2O2/c1-11(2,3)16-10(15)14-9-4-5-12(9)6-8(13)7-12/h8-9H,4-7,13H2,1-3H3,(H,14,15)/t8?,9-,12?/m1/s1. The summed E-state index contributed by atoms with van der Waals surface area (Å²) in [7, 11) is 0. The predicted molar refractivity (Wildman–Crippen MR) is 62.0 cm³/mol. The van der Waals surface area contributed by atoms with Crippen LogP contribution in [0.1, 0.15) is 46.5 Å². The summed E-state index contributed by atoms with van der Waals surface area (Å²) in [4.78, 5) is 11.6. The van der Waals surface area contributed by atoms with Gasteiger partial charge in [0.05, 0.1) is 0 Å². The van der Waals surface area contributed by atoms with Gasteiger partial charge in [-0.15, -0.1) is 0 Å². The molecule has 0 aliphatic heterocycles. The minimum Gasteiger partial charge on any atom is -0.444 e. The molecule has 16 heavy (non-hydrogen) atoms. The molecule has 0 bridgehead atoms. The van der Waals surface area contributed by atoms with Crippen LogP contribution in [-0.4, -0.2) is 23.8 Å². The Hall–Kier alpha value is -0.770. The highest BCUT2D eigenvalue weighted by Crippen LogP contribution is 2.55. The van der Waals surface area contributed by atoms with E-state index in [0.717, 1.165) is 19.3 Å². The fraction of sp³-hybridized carbons (Fsp3) is 0.917. The molecule has 4 heteroatoms. The maximum absolute atomic E-state index is 11.6. The first kappa shape index (κ1) is 11.7. The number of hydrogen-bond donors (Lipinski definition) is 2. The van der Waals surface area contributed by atoms with Crippen LogP contribution in [0.4, 0.5) is 4.79 Å². The van der Waals surface area contributed by atoms with Gasteiger partial charge in [-0.05, 0) is 51.9 Å². The Labute approximate surface area is 96.9 Å². The van der Waals surface area contributed by atoms with E-state index in [4.69, 9.17) is 10.5 Å². The Morgan fingerprint density at radius 3 is 2.44 bits per heavy atom. The Morgan fingerprint density at radius 2 is 2.06 bits per heavy atom. The van der Waals surface area contributed by atoms with Gasteiger partial charge in [0.2, 0.25) is 0 Å².